The molecule has 0 radical (unpaired) electrons. The summed E-state index contributed by atoms with van der Waals surface area (Å²) in [5, 5.41) is 7.52. The molecule has 9 heteroatoms. The van der Waals surface area contributed by atoms with E-state index in [1.54, 1.807) is 0 Å². The van der Waals surface area contributed by atoms with Crippen LogP contribution in [0.2, 0.25) is 0 Å². The SMILES string of the molecule is CC(c1nc(-c2ccccc2)no1)N1CCN(C(=O)CC2CCCN2)CC1.Cl.Cl. The van der Waals surface area contributed by atoms with Crippen molar-refractivity contribution in [1.82, 2.24) is 25.3 Å². The minimum Gasteiger partial charge on any atom is -0.340 e. The van der Waals surface area contributed by atoms with Crippen molar-refractivity contribution >= 4 is 30.7 Å². The molecular weight excluding hydrogens is 413 g/mol. The molecule has 2 unspecified atom stereocenters. The van der Waals surface area contributed by atoms with Crippen LogP contribution in [0.3, 0.4) is 0 Å². The Balaban J connectivity index is 0.00000150. The molecule has 2 aliphatic heterocycles. The number of nitrogens with one attached hydrogen (secondary N) is 1. The number of benzene rings is 1. The monoisotopic (exact) mass is 441 g/mol. The standard InChI is InChI=1S/C20H27N5O2.2ClH/c1-15(20-22-19(23-27-20)16-6-3-2-4-7-16)24-10-12-25(13-11-24)18(26)14-17-8-5-9-21-17;;/h2-4,6-7,15,17,21H,5,8-14H2,1H3;2*1H. The summed E-state index contributed by atoms with van der Waals surface area (Å²) in [6, 6.07) is 10.3. The number of halogens is 2. The topological polar surface area (TPSA) is 74.5 Å². The fraction of sp³-hybridized carbons (Fsp3) is 0.550. The zero-order valence-electron chi connectivity index (χ0n) is 16.6. The molecule has 3 heterocycles. The molecule has 2 aromatic rings. The van der Waals surface area contributed by atoms with Gasteiger partial charge in [-0.3, -0.25) is 9.69 Å². The average molecular weight is 442 g/mol. The van der Waals surface area contributed by atoms with Gasteiger partial charge in [-0.2, -0.15) is 4.98 Å². The second kappa shape index (κ2) is 10.9. The lowest BCUT2D eigenvalue weighted by molar-refractivity contribution is -0.133. The predicted octanol–water partition coefficient (Wildman–Crippen LogP) is 2.93. The van der Waals surface area contributed by atoms with Crippen LogP contribution in [0.4, 0.5) is 0 Å². The first-order valence-electron chi connectivity index (χ1n) is 9.85. The van der Waals surface area contributed by atoms with Crippen LogP contribution in [-0.2, 0) is 4.79 Å². The van der Waals surface area contributed by atoms with E-state index in [0.29, 0.717) is 24.2 Å². The van der Waals surface area contributed by atoms with Crippen molar-refractivity contribution in [3.8, 4) is 11.4 Å². The summed E-state index contributed by atoms with van der Waals surface area (Å²) in [5.41, 5.74) is 0.954. The number of aromatic nitrogens is 2. The van der Waals surface area contributed by atoms with E-state index in [1.807, 2.05) is 35.2 Å². The van der Waals surface area contributed by atoms with Crippen molar-refractivity contribution < 1.29 is 9.32 Å². The third kappa shape index (κ3) is 5.69. The fourth-order valence-corrected chi connectivity index (χ4v) is 3.90. The molecule has 160 valence electrons. The molecule has 4 rings (SSSR count). The van der Waals surface area contributed by atoms with Crippen LogP contribution in [0.15, 0.2) is 34.9 Å². The molecule has 1 aromatic heterocycles. The molecule has 1 aromatic carbocycles. The van der Waals surface area contributed by atoms with Gasteiger partial charge < -0.3 is 14.7 Å². The van der Waals surface area contributed by atoms with Gasteiger partial charge in [-0.25, -0.2) is 0 Å². The molecule has 0 saturated carbocycles. The van der Waals surface area contributed by atoms with E-state index in [4.69, 9.17) is 4.52 Å². The van der Waals surface area contributed by atoms with Gasteiger partial charge in [-0.1, -0.05) is 35.5 Å². The third-order valence-corrected chi connectivity index (χ3v) is 5.63. The third-order valence-electron chi connectivity index (χ3n) is 5.63. The van der Waals surface area contributed by atoms with Gasteiger partial charge in [-0.05, 0) is 26.3 Å². The van der Waals surface area contributed by atoms with Gasteiger partial charge in [0.15, 0.2) is 0 Å². The van der Waals surface area contributed by atoms with Gasteiger partial charge in [0, 0.05) is 44.2 Å². The van der Waals surface area contributed by atoms with Crippen LogP contribution < -0.4 is 5.32 Å². The number of hydrogen-bond acceptors (Lipinski definition) is 6. The van der Waals surface area contributed by atoms with E-state index in [0.717, 1.165) is 44.7 Å². The quantitative estimate of drug-likeness (QED) is 0.768. The molecule has 0 bridgehead atoms. The highest BCUT2D eigenvalue weighted by Gasteiger charge is 2.29. The normalized spacial score (nSPS) is 20.6. The molecule has 1 N–H and O–H groups in total. The van der Waals surface area contributed by atoms with Crippen LogP contribution >= 0.6 is 24.8 Å². The summed E-state index contributed by atoms with van der Waals surface area (Å²) in [6.45, 7) is 6.30. The van der Waals surface area contributed by atoms with E-state index in [1.165, 1.54) is 6.42 Å². The largest absolute Gasteiger partial charge is 0.340 e. The molecule has 7 nitrogen and oxygen atoms in total. The maximum atomic E-state index is 12.5. The molecule has 2 saturated heterocycles. The highest BCUT2D eigenvalue weighted by atomic mass is 35.5. The van der Waals surface area contributed by atoms with Gasteiger partial charge in [-0.15, -0.1) is 24.8 Å². The smallest absolute Gasteiger partial charge is 0.244 e. The van der Waals surface area contributed by atoms with Gasteiger partial charge in [0.25, 0.3) is 0 Å². The summed E-state index contributed by atoms with van der Waals surface area (Å²) in [5.74, 6) is 1.52. The number of carbonyl (C=O) groups excluding carboxylic acids is 1. The minimum absolute atomic E-state index is 0. The number of carbonyl (C=O) groups is 1. The molecule has 2 fully saturated rings. The highest BCUT2D eigenvalue weighted by Crippen LogP contribution is 2.23. The Morgan fingerprint density at radius 1 is 1.21 bits per heavy atom. The predicted molar refractivity (Wildman–Crippen MR) is 116 cm³/mol. The van der Waals surface area contributed by atoms with E-state index < -0.39 is 0 Å². The summed E-state index contributed by atoms with van der Waals surface area (Å²) in [7, 11) is 0. The highest BCUT2D eigenvalue weighted by molar-refractivity contribution is 5.85. The average Bonchev–Trinajstić information content (AvgIpc) is 3.40. The number of nitrogens with zero attached hydrogens (tertiary/aromatic N) is 4. The first-order chi connectivity index (χ1) is 13.2. The van der Waals surface area contributed by atoms with E-state index in [2.05, 4.69) is 27.3 Å². The second-order valence-electron chi connectivity index (χ2n) is 7.41. The van der Waals surface area contributed by atoms with Crippen molar-refractivity contribution in [2.24, 2.45) is 0 Å². The van der Waals surface area contributed by atoms with Crippen LogP contribution in [0, 0.1) is 0 Å². The second-order valence-corrected chi connectivity index (χ2v) is 7.41. The Hall–Kier alpha value is -1.67. The van der Waals surface area contributed by atoms with Crippen molar-refractivity contribution in [3.05, 3.63) is 36.2 Å². The van der Waals surface area contributed by atoms with Crippen LogP contribution in [0.25, 0.3) is 11.4 Å². The number of hydrogen-bond donors (Lipinski definition) is 1. The summed E-state index contributed by atoms with van der Waals surface area (Å²) in [4.78, 5) is 21.4. The zero-order chi connectivity index (χ0) is 18.6. The Morgan fingerprint density at radius 3 is 2.59 bits per heavy atom. The maximum Gasteiger partial charge on any atom is 0.244 e. The number of piperazine rings is 1. The first kappa shape index (κ1) is 23.6. The molecular formula is C20H29Cl2N5O2. The number of amides is 1. The molecule has 0 spiro atoms. The number of rotatable bonds is 5. The minimum atomic E-state index is 0. The Labute approximate surface area is 184 Å². The van der Waals surface area contributed by atoms with Gasteiger partial charge in [0.1, 0.15) is 0 Å². The van der Waals surface area contributed by atoms with Crippen LogP contribution in [0.5, 0.6) is 0 Å². The van der Waals surface area contributed by atoms with E-state index in [-0.39, 0.29) is 36.8 Å². The summed E-state index contributed by atoms with van der Waals surface area (Å²) >= 11 is 0. The summed E-state index contributed by atoms with van der Waals surface area (Å²) < 4.78 is 5.51. The van der Waals surface area contributed by atoms with Gasteiger partial charge in [0.05, 0.1) is 6.04 Å². The van der Waals surface area contributed by atoms with Crippen LogP contribution in [-0.4, -0.2) is 64.6 Å². The molecule has 2 atom stereocenters. The molecule has 29 heavy (non-hydrogen) atoms. The Kier molecular flexibility index (Phi) is 8.89. The van der Waals surface area contributed by atoms with Crippen molar-refractivity contribution in [2.75, 3.05) is 32.7 Å². The lowest BCUT2D eigenvalue weighted by Crippen LogP contribution is -2.50. The van der Waals surface area contributed by atoms with Crippen molar-refractivity contribution in [2.45, 2.75) is 38.3 Å². The molecule has 1 amide bonds. The lowest BCUT2D eigenvalue weighted by atomic mass is 10.1. The zero-order valence-corrected chi connectivity index (χ0v) is 18.3. The lowest BCUT2D eigenvalue weighted by Gasteiger charge is -2.37. The summed E-state index contributed by atoms with van der Waals surface area (Å²) in [6.07, 6.45) is 2.92. The first-order valence-corrected chi connectivity index (χ1v) is 9.85. The van der Waals surface area contributed by atoms with Crippen LogP contribution in [0.1, 0.15) is 38.1 Å². The fourth-order valence-electron chi connectivity index (χ4n) is 3.90. The Morgan fingerprint density at radius 2 is 1.93 bits per heavy atom. The molecule has 2 aliphatic rings. The van der Waals surface area contributed by atoms with E-state index >= 15 is 0 Å². The van der Waals surface area contributed by atoms with Gasteiger partial charge >= 0.3 is 0 Å². The van der Waals surface area contributed by atoms with Crippen molar-refractivity contribution in [3.63, 3.8) is 0 Å². The molecule has 0 aliphatic carbocycles. The van der Waals surface area contributed by atoms with Crippen molar-refractivity contribution in [1.29, 1.82) is 0 Å². The van der Waals surface area contributed by atoms with Gasteiger partial charge in [0.2, 0.25) is 17.6 Å². The Bertz CT molecular complexity index is 759. The maximum absolute atomic E-state index is 12.5. The van der Waals surface area contributed by atoms with E-state index in [9.17, 15) is 4.79 Å².